The molecule has 1 aliphatic heterocycles. The molecule has 1 heterocycles. The summed E-state index contributed by atoms with van der Waals surface area (Å²) in [7, 11) is 6.27. The van der Waals surface area contributed by atoms with Gasteiger partial charge < -0.3 is 14.6 Å². The molecule has 0 spiro atoms. The predicted octanol–water partition coefficient (Wildman–Crippen LogP) is 2.52. The molecule has 2 aromatic rings. The van der Waals surface area contributed by atoms with Crippen molar-refractivity contribution in [3.63, 3.8) is 0 Å². The number of hydrogen-bond acceptors (Lipinski definition) is 3. The monoisotopic (exact) mass is 396 g/mol. The van der Waals surface area contributed by atoms with Gasteiger partial charge in [0.15, 0.2) is 0 Å². The van der Waals surface area contributed by atoms with Crippen LogP contribution in [0.1, 0.15) is 53.2 Å². The van der Waals surface area contributed by atoms with Gasteiger partial charge in [0.05, 0.1) is 25.9 Å². The van der Waals surface area contributed by atoms with E-state index in [9.17, 15) is 5.11 Å². The van der Waals surface area contributed by atoms with Gasteiger partial charge in [-0.25, -0.2) is 0 Å². The predicted molar refractivity (Wildman–Crippen MR) is 118 cm³/mol. The van der Waals surface area contributed by atoms with Crippen molar-refractivity contribution >= 4 is 27.3 Å². The van der Waals surface area contributed by atoms with Gasteiger partial charge in [-0.05, 0) is 60.9 Å². The van der Waals surface area contributed by atoms with E-state index in [1.807, 2.05) is 6.07 Å². The van der Waals surface area contributed by atoms with Gasteiger partial charge in [-0.15, -0.1) is 0 Å². The number of fused-ring (bicyclic) bond motifs is 1. The Hall–Kier alpha value is -1.42. The van der Waals surface area contributed by atoms with Crippen LogP contribution in [0.15, 0.2) is 30.3 Å². The molecule has 0 amide bonds. The third-order valence-electron chi connectivity index (χ3n) is 6.23. The van der Waals surface area contributed by atoms with Crippen LogP contribution < -0.4 is 4.74 Å². The van der Waals surface area contributed by atoms with Crippen molar-refractivity contribution in [2.45, 2.75) is 49.5 Å². The van der Waals surface area contributed by atoms with Crippen molar-refractivity contribution < 1.29 is 14.6 Å². The number of hydrogen-bond donors (Lipinski definition) is 1. The van der Waals surface area contributed by atoms with E-state index in [1.54, 1.807) is 7.11 Å². The first-order valence-corrected chi connectivity index (χ1v) is 10.5. The number of methoxy groups -OCH3 is 1. The molecule has 146 valence electrons. The molecule has 2 aromatic carbocycles. The van der Waals surface area contributed by atoms with E-state index in [1.165, 1.54) is 16.7 Å². The van der Waals surface area contributed by atoms with Crippen molar-refractivity contribution in [3.05, 3.63) is 63.2 Å². The Morgan fingerprint density at radius 3 is 2.79 bits per heavy atom. The smallest absolute Gasteiger partial charge is 0.126 e. The Bertz CT molecular complexity index is 884. The van der Waals surface area contributed by atoms with Gasteiger partial charge in [0.2, 0.25) is 0 Å². The maximum absolute atomic E-state index is 9.49. The average Bonchev–Trinajstić information content (AvgIpc) is 2.69. The second kappa shape index (κ2) is 7.78. The summed E-state index contributed by atoms with van der Waals surface area (Å²) in [6, 6.07) is 10.8. The van der Waals surface area contributed by atoms with Crippen molar-refractivity contribution in [2.24, 2.45) is 0 Å². The summed E-state index contributed by atoms with van der Waals surface area (Å²) >= 11 is 6.61. The second-order valence-corrected chi connectivity index (χ2v) is 9.18. The molecule has 28 heavy (non-hydrogen) atoms. The van der Waals surface area contributed by atoms with Crippen LogP contribution in [-0.2, 0) is 22.8 Å². The Morgan fingerprint density at radius 1 is 1.25 bits per heavy atom. The van der Waals surface area contributed by atoms with Crippen LogP contribution in [-0.4, -0.2) is 40.6 Å². The third kappa shape index (κ3) is 3.72. The highest BCUT2D eigenvalue weighted by Gasteiger charge is 2.33. The van der Waals surface area contributed by atoms with Crippen molar-refractivity contribution in [2.75, 3.05) is 13.7 Å². The van der Waals surface area contributed by atoms with Crippen LogP contribution >= 0.6 is 11.6 Å². The number of ether oxygens (including phenoxy) is 2. The van der Waals surface area contributed by atoms with Gasteiger partial charge in [-0.2, -0.15) is 0 Å². The summed E-state index contributed by atoms with van der Waals surface area (Å²) in [6.45, 7) is 0.0597. The lowest BCUT2D eigenvalue weighted by Gasteiger charge is -2.39. The quantitative estimate of drug-likeness (QED) is 0.790. The minimum atomic E-state index is -0.0993. The van der Waals surface area contributed by atoms with E-state index in [4.69, 9.17) is 21.1 Å². The summed E-state index contributed by atoms with van der Waals surface area (Å²) in [4.78, 5) is 0. The van der Waals surface area contributed by atoms with Crippen molar-refractivity contribution in [3.8, 4) is 5.75 Å². The fraction of sp³-hybridized carbons (Fsp3) is 0.455. The van der Waals surface area contributed by atoms with Crippen LogP contribution in [0, 0.1) is 0 Å². The van der Waals surface area contributed by atoms with Crippen LogP contribution in [0.2, 0.25) is 5.02 Å². The highest BCUT2D eigenvalue weighted by Crippen LogP contribution is 2.40. The number of halogens is 1. The summed E-state index contributed by atoms with van der Waals surface area (Å²) in [5, 5.41) is 10.5. The van der Waals surface area contributed by atoms with E-state index in [0.717, 1.165) is 54.0 Å². The Labute approximate surface area is 174 Å². The molecule has 1 N–H and O–H groups in total. The van der Waals surface area contributed by atoms with Crippen LogP contribution in [0.4, 0.5) is 0 Å². The largest absolute Gasteiger partial charge is 0.496 e. The molecule has 2 atom stereocenters. The molecule has 0 aromatic heterocycles. The molecular weight excluding hydrogens is 369 g/mol. The summed E-state index contributed by atoms with van der Waals surface area (Å²) < 4.78 is 11.7. The van der Waals surface area contributed by atoms with Gasteiger partial charge >= 0.3 is 0 Å². The lowest BCUT2D eigenvalue weighted by atomic mass is 9.42. The zero-order valence-electron chi connectivity index (χ0n) is 16.9. The third-order valence-corrected chi connectivity index (χ3v) is 6.58. The molecule has 2 aliphatic rings. The zero-order chi connectivity index (χ0) is 19.9. The first kappa shape index (κ1) is 19.9. The molecular formula is C22H27B2ClO3. The Morgan fingerprint density at radius 2 is 2.07 bits per heavy atom. The van der Waals surface area contributed by atoms with Crippen LogP contribution in [0.3, 0.4) is 0 Å². The number of aliphatic hydroxyl groups is 1. The SMILES string of the molecule is BC1(B)Cc2ccc(Cc3cc(C4CCCC(CO)O4)c(OC)cc3Cl)cc21. The molecule has 0 bridgehead atoms. The fourth-order valence-electron chi connectivity index (χ4n) is 4.65. The molecule has 1 fully saturated rings. The Balaban J connectivity index is 1.64. The first-order chi connectivity index (χ1) is 13.4. The topological polar surface area (TPSA) is 38.7 Å². The van der Waals surface area contributed by atoms with E-state index in [-0.39, 0.29) is 24.0 Å². The van der Waals surface area contributed by atoms with E-state index >= 15 is 0 Å². The van der Waals surface area contributed by atoms with Gasteiger partial charge in [-0.1, -0.05) is 40.6 Å². The fourth-order valence-corrected chi connectivity index (χ4v) is 4.87. The molecule has 0 saturated carbocycles. The maximum atomic E-state index is 9.49. The number of rotatable bonds is 5. The Kier molecular flexibility index (Phi) is 5.52. The van der Waals surface area contributed by atoms with Gasteiger partial charge in [-0.3, -0.25) is 0 Å². The second-order valence-electron chi connectivity index (χ2n) is 8.77. The van der Waals surface area contributed by atoms with E-state index in [0.29, 0.717) is 0 Å². The normalized spacial score (nSPS) is 23.0. The van der Waals surface area contributed by atoms with E-state index < -0.39 is 0 Å². The van der Waals surface area contributed by atoms with Crippen LogP contribution in [0.25, 0.3) is 0 Å². The molecule has 4 rings (SSSR count). The van der Waals surface area contributed by atoms with Gasteiger partial charge in [0.1, 0.15) is 21.4 Å². The first-order valence-electron chi connectivity index (χ1n) is 10.2. The lowest BCUT2D eigenvalue weighted by Crippen LogP contribution is -2.39. The summed E-state index contributed by atoms with van der Waals surface area (Å²) in [5.74, 6) is 0.760. The maximum Gasteiger partial charge on any atom is 0.126 e. The van der Waals surface area contributed by atoms with Crippen molar-refractivity contribution in [1.29, 1.82) is 0 Å². The lowest BCUT2D eigenvalue weighted by molar-refractivity contribution is -0.0743. The van der Waals surface area contributed by atoms with Crippen molar-refractivity contribution in [1.82, 2.24) is 0 Å². The highest BCUT2D eigenvalue weighted by molar-refractivity contribution is 6.41. The molecule has 6 heteroatoms. The molecule has 3 nitrogen and oxygen atoms in total. The number of aliphatic hydroxyl groups excluding tert-OH is 1. The molecule has 2 unspecified atom stereocenters. The molecule has 1 aliphatic carbocycles. The minimum Gasteiger partial charge on any atom is -0.496 e. The highest BCUT2D eigenvalue weighted by atomic mass is 35.5. The number of benzene rings is 2. The zero-order valence-corrected chi connectivity index (χ0v) is 17.7. The minimum absolute atomic E-state index is 0.0597. The van der Waals surface area contributed by atoms with Gasteiger partial charge in [0, 0.05) is 10.6 Å². The standard InChI is InChI=1S/C22H27B2ClO3/c1-27-21-10-19(25)15(9-17(21)20-4-2-3-16(12-26)28-20)7-13-5-6-14-11-22(23,24)18(14)8-13/h5-6,8-10,16,20,26H,2-4,7,11-12,23-24H2,1H3. The molecule has 1 saturated heterocycles. The van der Waals surface area contributed by atoms with E-state index in [2.05, 4.69) is 40.0 Å². The average molecular weight is 397 g/mol. The summed E-state index contributed by atoms with van der Waals surface area (Å²) in [5.41, 5.74) is 6.31. The summed E-state index contributed by atoms with van der Waals surface area (Å²) in [6.07, 6.45) is 4.65. The van der Waals surface area contributed by atoms with Gasteiger partial charge in [0.25, 0.3) is 0 Å². The van der Waals surface area contributed by atoms with Crippen LogP contribution in [0.5, 0.6) is 5.75 Å². The molecule has 0 radical (unpaired) electrons.